The fourth-order valence-electron chi connectivity index (χ4n) is 2.41. The molecule has 0 spiro atoms. The molecule has 1 atom stereocenters. The number of carbonyl (C=O) groups excluding carboxylic acids is 3. The van der Waals surface area contributed by atoms with E-state index in [0.29, 0.717) is 5.02 Å². The topological polar surface area (TPSA) is 63.7 Å². The van der Waals surface area contributed by atoms with E-state index in [0.717, 1.165) is 4.90 Å². The molecule has 0 aromatic heterocycles. The van der Waals surface area contributed by atoms with Crippen LogP contribution in [0.25, 0.3) is 0 Å². The average Bonchev–Trinajstić information content (AvgIpc) is 2.82. The lowest BCUT2D eigenvalue weighted by molar-refractivity contribution is -0.138. The zero-order chi connectivity index (χ0) is 17.4. The van der Waals surface area contributed by atoms with E-state index in [1.165, 1.54) is 25.1 Å². The standard InChI is InChI=1S/C17H11Cl2NO4/c1-9(17(23)24-10-6-7-13(18)14(19)8-10)20-15(21)11-4-2-3-5-12(11)16(20)22/h2-9H,1H3/t9-/m1/s1. The summed E-state index contributed by atoms with van der Waals surface area (Å²) in [6.07, 6.45) is 0. The number of esters is 1. The molecular weight excluding hydrogens is 353 g/mol. The summed E-state index contributed by atoms with van der Waals surface area (Å²) >= 11 is 11.7. The van der Waals surface area contributed by atoms with E-state index >= 15 is 0 Å². The first-order valence-corrected chi connectivity index (χ1v) is 7.79. The van der Waals surface area contributed by atoms with Gasteiger partial charge in [0, 0.05) is 6.07 Å². The molecular formula is C17H11Cl2NO4. The molecule has 0 fully saturated rings. The van der Waals surface area contributed by atoms with Crippen LogP contribution < -0.4 is 4.74 Å². The third kappa shape index (κ3) is 2.77. The van der Waals surface area contributed by atoms with Crippen molar-refractivity contribution in [2.75, 3.05) is 0 Å². The Balaban J connectivity index is 1.80. The average molecular weight is 364 g/mol. The van der Waals surface area contributed by atoms with Gasteiger partial charge >= 0.3 is 5.97 Å². The fraction of sp³-hybridized carbons (Fsp3) is 0.118. The minimum Gasteiger partial charge on any atom is -0.425 e. The molecule has 2 aromatic rings. The maximum atomic E-state index is 12.4. The first-order valence-electron chi connectivity index (χ1n) is 7.04. The number of imide groups is 1. The number of benzene rings is 2. The van der Waals surface area contributed by atoms with E-state index < -0.39 is 23.8 Å². The number of carbonyl (C=O) groups is 3. The molecule has 0 bridgehead atoms. The predicted molar refractivity (Wildman–Crippen MR) is 88.5 cm³/mol. The van der Waals surface area contributed by atoms with Crippen molar-refractivity contribution < 1.29 is 19.1 Å². The summed E-state index contributed by atoms with van der Waals surface area (Å²) in [6.45, 7) is 1.43. The molecule has 0 N–H and O–H groups in total. The molecule has 24 heavy (non-hydrogen) atoms. The van der Waals surface area contributed by atoms with Crippen LogP contribution in [0.4, 0.5) is 0 Å². The zero-order valence-corrected chi connectivity index (χ0v) is 14.0. The summed E-state index contributed by atoms with van der Waals surface area (Å²) in [5, 5.41) is 0.556. The molecule has 122 valence electrons. The van der Waals surface area contributed by atoms with Crippen molar-refractivity contribution in [2.24, 2.45) is 0 Å². The lowest BCUT2D eigenvalue weighted by Crippen LogP contribution is -2.44. The number of nitrogens with zero attached hydrogens (tertiary/aromatic N) is 1. The van der Waals surface area contributed by atoms with Crippen molar-refractivity contribution in [3.8, 4) is 5.75 Å². The molecule has 5 nitrogen and oxygen atoms in total. The lowest BCUT2D eigenvalue weighted by Gasteiger charge is -2.20. The molecule has 2 aromatic carbocycles. The first kappa shape index (κ1) is 16.5. The van der Waals surface area contributed by atoms with Gasteiger partial charge in [0.2, 0.25) is 0 Å². The van der Waals surface area contributed by atoms with Gasteiger partial charge in [-0.2, -0.15) is 0 Å². The number of hydrogen-bond donors (Lipinski definition) is 0. The van der Waals surface area contributed by atoms with Gasteiger partial charge in [0.15, 0.2) is 0 Å². The fourth-order valence-corrected chi connectivity index (χ4v) is 2.69. The van der Waals surface area contributed by atoms with Crippen molar-refractivity contribution in [1.29, 1.82) is 0 Å². The SMILES string of the molecule is C[C@H](C(=O)Oc1ccc(Cl)c(Cl)c1)N1C(=O)c2ccccc2C1=O. The maximum Gasteiger partial charge on any atom is 0.334 e. The molecule has 3 rings (SSSR count). The van der Waals surface area contributed by atoms with Gasteiger partial charge in [-0.25, -0.2) is 4.79 Å². The Morgan fingerprint density at radius 3 is 2.12 bits per heavy atom. The van der Waals surface area contributed by atoms with Crippen LogP contribution in [0.5, 0.6) is 5.75 Å². The van der Waals surface area contributed by atoms with Gasteiger partial charge in [0.1, 0.15) is 11.8 Å². The molecule has 1 aliphatic rings. The van der Waals surface area contributed by atoms with Gasteiger partial charge < -0.3 is 4.74 Å². The van der Waals surface area contributed by atoms with Crippen molar-refractivity contribution in [3.63, 3.8) is 0 Å². The van der Waals surface area contributed by atoms with E-state index in [2.05, 4.69) is 0 Å². The van der Waals surface area contributed by atoms with E-state index in [4.69, 9.17) is 27.9 Å². The number of amides is 2. The van der Waals surface area contributed by atoms with Crippen LogP contribution >= 0.6 is 23.2 Å². The number of halogens is 2. The van der Waals surface area contributed by atoms with Gasteiger partial charge in [-0.05, 0) is 31.2 Å². The third-order valence-electron chi connectivity index (χ3n) is 3.66. The maximum absolute atomic E-state index is 12.4. The molecule has 1 aliphatic heterocycles. The quantitative estimate of drug-likeness (QED) is 0.474. The summed E-state index contributed by atoms with van der Waals surface area (Å²) in [5.74, 6) is -1.61. The Morgan fingerprint density at radius 1 is 1.00 bits per heavy atom. The Kier molecular flexibility index (Phi) is 4.30. The highest BCUT2D eigenvalue weighted by Gasteiger charge is 2.41. The minimum atomic E-state index is -1.08. The highest BCUT2D eigenvalue weighted by molar-refractivity contribution is 6.42. The molecule has 2 amide bonds. The van der Waals surface area contributed by atoms with E-state index in [1.54, 1.807) is 24.3 Å². The Labute approximate surface area is 147 Å². The Hall–Kier alpha value is -2.37. The Morgan fingerprint density at radius 2 is 1.58 bits per heavy atom. The highest BCUT2D eigenvalue weighted by atomic mass is 35.5. The number of fused-ring (bicyclic) bond motifs is 1. The van der Waals surface area contributed by atoms with Crippen molar-refractivity contribution >= 4 is 41.0 Å². The van der Waals surface area contributed by atoms with Crippen molar-refractivity contribution in [3.05, 3.63) is 63.6 Å². The zero-order valence-electron chi connectivity index (χ0n) is 12.5. The van der Waals surface area contributed by atoms with Crippen LogP contribution in [-0.4, -0.2) is 28.7 Å². The smallest absolute Gasteiger partial charge is 0.334 e. The van der Waals surface area contributed by atoms with Crippen LogP contribution in [0.15, 0.2) is 42.5 Å². The van der Waals surface area contributed by atoms with Crippen LogP contribution in [0.1, 0.15) is 27.6 Å². The highest BCUT2D eigenvalue weighted by Crippen LogP contribution is 2.28. The second kappa shape index (κ2) is 6.26. The minimum absolute atomic E-state index is 0.179. The molecule has 7 heteroatoms. The van der Waals surface area contributed by atoms with E-state index in [1.807, 2.05) is 0 Å². The van der Waals surface area contributed by atoms with Crippen LogP contribution in [0.2, 0.25) is 10.0 Å². The molecule has 0 radical (unpaired) electrons. The van der Waals surface area contributed by atoms with Crippen LogP contribution in [0.3, 0.4) is 0 Å². The molecule has 0 aliphatic carbocycles. The van der Waals surface area contributed by atoms with Gasteiger partial charge in [-0.1, -0.05) is 35.3 Å². The summed E-state index contributed by atoms with van der Waals surface area (Å²) in [6, 6.07) is 9.68. The molecule has 1 heterocycles. The third-order valence-corrected chi connectivity index (χ3v) is 4.40. The number of ether oxygens (including phenoxy) is 1. The summed E-state index contributed by atoms with van der Waals surface area (Å²) in [7, 11) is 0. The van der Waals surface area contributed by atoms with Crippen LogP contribution in [0, 0.1) is 0 Å². The molecule has 0 saturated carbocycles. The second-order valence-electron chi connectivity index (χ2n) is 5.20. The Bertz CT molecular complexity index is 830. The van der Waals surface area contributed by atoms with E-state index in [9.17, 15) is 14.4 Å². The lowest BCUT2D eigenvalue weighted by atomic mass is 10.1. The normalized spacial score (nSPS) is 14.5. The largest absolute Gasteiger partial charge is 0.425 e. The van der Waals surface area contributed by atoms with Gasteiger partial charge in [-0.3, -0.25) is 14.5 Å². The molecule has 0 unspecified atom stereocenters. The van der Waals surface area contributed by atoms with Crippen LogP contribution in [-0.2, 0) is 4.79 Å². The monoisotopic (exact) mass is 363 g/mol. The predicted octanol–water partition coefficient (Wildman–Crippen LogP) is 3.58. The second-order valence-corrected chi connectivity index (χ2v) is 6.01. The van der Waals surface area contributed by atoms with Crippen molar-refractivity contribution in [1.82, 2.24) is 4.90 Å². The summed E-state index contributed by atoms with van der Waals surface area (Å²) in [5.41, 5.74) is 0.549. The van der Waals surface area contributed by atoms with Gasteiger partial charge in [-0.15, -0.1) is 0 Å². The van der Waals surface area contributed by atoms with Crippen molar-refractivity contribution in [2.45, 2.75) is 13.0 Å². The first-order chi connectivity index (χ1) is 11.4. The summed E-state index contributed by atoms with van der Waals surface area (Å²) < 4.78 is 5.19. The van der Waals surface area contributed by atoms with Gasteiger partial charge in [0.25, 0.3) is 11.8 Å². The van der Waals surface area contributed by atoms with Gasteiger partial charge in [0.05, 0.1) is 21.2 Å². The van der Waals surface area contributed by atoms with E-state index in [-0.39, 0.29) is 21.9 Å². The number of rotatable bonds is 3. The number of hydrogen-bond acceptors (Lipinski definition) is 4. The molecule has 0 saturated heterocycles. The summed E-state index contributed by atoms with van der Waals surface area (Å²) in [4.78, 5) is 37.9.